The van der Waals surface area contributed by atoms with Crippen molar-refractivity contribution in [3.63, 3.8) is 0 Å². The smallest absolute Gasteiger partial charge is 0.142 e. The van der Waals surface area contributed by atoms with Gasteiger partial charge >= 0.3 is 0 Å². The van der Waals surface area contributed by atoms with Gasteiger partial charge in [0.25, 0.3) is 0 Å². The highest BCUT2D eigenvalue weighted by Gasteiger charge is 2.14. The first-order valence-corrected chi connectivity index (χ1v) is 13.1. The zero-order valence-electron chi connectivity index (χ0n) is 24.3. The molecule has 0 bridgehead atoms. The van der Waals surface area contributed by atoms with Gasteiger partial charge in [-0.3, -0.25) is 0 Å². The van der Waals surface area contributed by atoms with E-state index in [1.807, 2.05) is 84.9 Å². The number of furan rings is 2. The molecule has 42 heavy (non-hydrogen) atoms. The van der Waals surface area contributed by atoms with Crippen LogP contribution in [-0.2, 0) is 0 Å². The second-order valence-corrected chi connectivity index (χ2v) is 9.16. The minimum atomic E-state index is 0.704. The van der Waals surface area contributed by atoms with Crippen molar-refractivity contribution in [2.45, 2.75) is 0 Å². The molecular formula is C34H32O8. The lowest BCUT2D eigenvalue weighted by atomic mass is 10.1. The van der Waals surface area contributed by atoms with Crippen molar-refractivity contribution in [1.29, 1.82) is 0 Å². The molecule has 0 saturated carbocycles. The summed E-state index contributed by atoms with van der Waals surface area (Å²) in [5.74, 6) is 6.05. The maximum absolute atomic E-state index is 5.91. The molecule has 0 aliphatic carbocycles. The van der Waals surface area contributed by atoms with E-state index >= 15 is 0 Å². The molecule has 0 atom stereocenters. The minimum Gasteiger partial charge on any atom is -0.497 e. The summed E-state index contributed by atoms with van der Waals surface area (Å²) in [5, 5.41) is 1.84. The van der Waals surface area contributed by atoms with E-state index in [9.17, 15) is 0 Å². The number of ether oxygens (including phenoxy) is 6. The number of hydrogen-bond acceptors (Lipinski definition) is 8. The molecule has 0 saturated heterocycles. The maximum Gasteiger partial charge on any atom is 0.142 e. The van der Waals surface area contributed by atoms with Gasteiger partial charge in [0.1, 0.15) is 57.2 Å². The van der Waals surface area contributed by atoms with E-state index in [0.29, 0.717) is 11.5 Å². The van der Waals surface area contributed by atoms with Gasteiger partial charge in [0.15, 0.2) is 0 Å². The molecule has 2 aromatic heterocycles. The standard InChI is InChI=1S/2C17H16O4/c2*1-18-12-6-4-11(5-7-12)15-10-14-16(20-3)8-13(19-2)9-17(14)21-15/h2*4-10H,1-3H3. The van der Waals surface area contributed by atoms with Crippen LogP contribution in [-0.4, -0.2) is 42.7 Å². The average Bonchev–Trinajstić information content (AvgIpc) is 3.69. The Morgan fingerprint density at radius 1 is 0.381 bits per heavy atom. The molecular weight excluding hydrogens is 536 g/mol. The van der Waals surface area contributed by atoms with Gasteiger partial charge in [-0.2, -0.15) is 0 Å². The van der Waals surface area contributed by atoms with E-state index < -0.39 is 0 Å². The van der Waals surface area contributed by atoms with Crippen LogP contribution >= 0.6 is 0 Å². The van der Waals surface area contributed by atoms with Crippen molar-refractivity contribution in [3.8, 4) is 57.1 Å². The summed E-state index contributed by atoms with van der Waals surface area (Å²) < 4.78 is 43.4. The Morgan fingerprint density at radius 2 is 0.738 bits per heavy atom. The van der Waals surface area contributed by atoms with Gasteiger partial charge < -0.3 is 37.3 Å². The maximum atomic E-state index is 5.91. The van der Waals surface area contributed by atoms with Crippen LogP contribution in [0.4, 0.5) is 0 Å². The number of fused-ring (bicyclic) bond motifs is 2. The highest BCUT2D eigenvalue weighted by molar-refractivity contribution is 5.90. The molecule has 216 valence electrons. The van der Waals surface area contributed by atoms with Gasteiger partial charge in [0.05, 0.1) is 53.4 Å². The first kappa shape index (κ1) is 28.3. The third-order valence-corrected chi connectivity index (χ3v) is 6.81. The number of methoxy groups -OCH3 is 6. The summed E-state index contributed by atoms with van der Waals surface area (Å²) in [4.78, 5) is 0. The minimum absolute atomic E-state index is 0.704. The highest BCUT2D eigenvalue weighted by atomic mass is 16.5. The Hall–Kier alpha value is -5.24. The van der Waals surface area contributed by atoms with Crippen LogP contribution in [0, 0.1) is 0 Å². The normalized spacial score (nSPS) is 10.6. The lowest BCUT2D eigenvalue weighted by molar-refractivity contribution is 0.397. The average molecular weight is 569 g/mol. The zero-order chi connectivity index (χ0) is 29.6. The van der Waals surface area contributed by atoms with Gasteiger partial charge in [0, 0.05) is 35.4 Å². The molecule has 8 nitrogen and oxygen atoms in total. The molecule has 6 rings (SSSR count). The zero-order valence-corrected chi connectivity index (χ0v) is 24.3. The lowest BCUT2D eigenvalue weighted by Crippen LogP contribution is -1.86. The van der Waals surface area contributed by atoms with Gasteiger partial charge in [-0.15, -0.1) is 0 Å². The molecule has 0 radical (unpaired) electrons. The fourth-order valence-corrected chi connectivity index (χ4v) is 4.53. The summed E-state index contributed by atoms with van der Waals surface area (Å²) >= 11 is 0. The van der Waals surface area contributed by atoms with Crippen molar-refractivity contribution in [1.82, 2.24) is 0 Å². The summed E-state index contributed by atoms with van der Waals surface area (Å²) in [5.41, 5.74) is 3.43. The van der Waals surface area contributed by atoms with E-state index in [0.717, 1.165) is 67.6 Å². The summed E-state index contributed by atoms with van der Waals surface area (Å²) in [6.45, 7) is 0. The highest BCUT2D eigenvalue weighted by Crippen LogP contribution is 2.38. The van der Waals surface area contributed by atoms with E-state index in [1.165, 1.54) is 0 Å². The molecule has 0 unspecified atom stereocenters. The quantitative estimate of drug-likeness (QED) is 0.182. The van der Waals surface area contributed by atoms with E-state index in [1.54, 1.807) is 42.7 Å². The molecule has 4 aromatic carbocycles. The molecule has 8 heteroatoms. The second-order valence-electron chi connectivity index (χ2n) is 9.16. The molecule has 0 fully saturated rings. The first-order valence-electron chi connectivity index (χ1n) is 13.1. The Morgan fingerprint density at radius 3 is 1.05 bits per heavy atom. The Balaban J connectivity index is 0.000000168. The van der Waals surface area contributed by atoms with Crippen molar-refractivity contribution < 1.29 is 37.3 Å². The molecule has 0 aliphatic heterocycles. The Bertz CT molecular complexity index is 1650. The summed E-state index contributed by atoms with van der Waals surface area (Å²) in [7, 11) is 9.80. The summed E-state index contributed by atoms with van der Waals surface area (Å²) in [6, 6.07) is 26.8. The lowest BCUT2D eigenvalue weighted by Gasteiger charge is -2.04. The van der Waals surface area contributed by atoms with Crippen LogP contribution in [0.2, 0.25) is 0 Å². The second kappa shape index (κ2) is 12.5. The largest absolute Gasteiger partial charge is 0.497 e. The number of hydrogen-bond donors (Lipinski definition) is 0. The van der Waals surface area contributed by atoms with Gasteiger partial charge in [-0.1, -0.05) is 0 Å². The first-order chi connectivity index (χ1) is 20.5. The van der Waals surface area contributed by atoms with Crippen LogP contribution in [0.1, 0.15) is 0 Å². The van der Waals surface area contributed by atoms with E-state index in [4.69, 9.17) is 37.3 Å². The van der Waals surface area contributed by atoms with Crippen molar-refractivity contribution in [2.75, 3.05) is 42.7 Å². The van der Waals surface area contributed by atoms with Gasteiger partial charge in [-0.05, 0) is 60.7 Å². The molecule has 2 heterocycles. The topological polar surface area (TPSA) is 81.7 Å². The fraction of sp³-hybridized carbons (Fsp3) is 0.176. The van der Waals surface area contributed by atoms with Crippen LogP contribution in [0.5, 0.6) is 34.5 Å². The monoisotopic (exact) mass is 568 g/mol. The van der Waals surface area contributed by atoms with Crippen LogP contribution in [0.25, 0.3) is 44.6 Å². The third-order valence-electron chi connectivity index (χ3n) is 6.81. The molecule has 0 N–H and O–H groups in total. The van der Waals surface area contributed by atoms with Crippen molar-refractivity contribution >= 4 is 21.9 Å². The van der Waals surface area contributed by atoms with Crippen molar-refractivity contribution in [2.24, 2.45) is 0 Å². The Labute approximate surface area is 243 Å². The van der Waals surface area contributed by atoms with Gasteiger partial charge in [0.2, 0.25) is 0 Å². The fourth-order valence-electron chi connectivity index (χ4n) is 4.53. The predicted molar refractivity (Wildman–Crippen MR) is 163 cm³/mol. The van der Waals surface area contributed by atoms with E-state index in [2.05, 4.69) is 0 Å². The SMILES string of the molecule is COc1ccc(-c2cc3c(OC)cc(OC)cc3o2)cc1.COc1ccc(-c2cc3c(OC)cc(OC)cc3o2)cc1. The van der Waals surface area contributed by atoms with Crippen molar-refractivity contribution in [3.05, 3.63) is 84.9 Å². The van der Waals surface area contributed by atoms with Crippen LogP contribution < -0.4 is 28.4 Å². The van der Waals surface area contributed by atoms with Gasteiger partial charge in [-0.25, -0.2) is 0 Å². The third kappa shape index (κ3) is 5.78. The number of rotatable bonds is 8. The molecule has 0 spiro atoms. The molecule has 0 aliphatic rings. The Kier molecular flexibility index (Phi) is 8.43. The molecule has 0 amide bonds. The van der Waals surface area contributed by atoms with Crippen LogP contribution in [0.15, 0.2) is 93.8 Å². The predicted octanol–water partition coefficient (Wildman–Crippen LogP) is 8.25. The van der Waals surface area contributed by atoms with Crippen LogP contribution in [0.3, 0.4) is 0 Å². The molecule has 6 aromatic rings. The summed E-state index contributed by atoms with van der Waals surface area (Å²) in [6.07, 6.45) is 0. The van der Waals surface area contributed by atoms with E-state index in [-0.39, 0.29) is 0 Å². The number of benzene rings is 4.